The second-order valence-corrected chi connectivity index (χ2v) is 1.87. The molecular formula is C4H11NO4. The minimum Gasteiger partial charge on any atom is -0.394 e. The lowest BCUT2D eigenvalue weighted by atomic mass is 10.1. The number of aliphatic hydroxyl groups is 3. The van der Waals surface area contributed by atoms with Gasteiger partial charge in [-0.2, -0.15) is 5.48 Å². The third-order valence-corrected chi connectivity index (χ3v) is 1.15. The van der Waals surface area contributed by atoms with E-state index < -0.39 is 25.4 Å². The van der Waals surface area contributed by atoms with E-state index in [-0.39, 0.29) is 0 Å². The fourth-order valence-electron chi connectivity index (χ4n) is 0.256. The Kier molecular flexibility index (Phi) is 3.67. The second-order valence-electron chi connectivity index (χ2n) is 1.87. The van der Waals surface area contributed by atoms with E-state index in [4.69, 9.17) is 20.5 Å². The quantitative estimate of drug-likeness (QED) is 0.280. The van der Waals surface area contributed by atoms with E-state index in [2.05, 4.69) is 0 Å². The zero-order chi connectivity index (χ0) is 7.33. The van der Waals surface area contributed by atoms with Crippen LogP contribution in [0, 0.1) is 0 Å². The number of nitrogens with one attached hydrogen (secondary N) is 1. The molecular weight excluding hydrogens is 126 g/mol. The lowest BCUT2D eigenvalue weighted by Gasteiger charge is -2.24. The van der Waals surface area contributed by atoms with Crippen molar-refractivity contribution in [3.63, 3.8) is 0 Å². The fourth-order valence-corrected chi connectivity index (χ4v) is 0.256. The highest BCUT2D eigenvalue weighted by Crippen LogP contribution is 1.98. The van der Waals surface area contributed by atoms with Crippen LogP contribution in [-0.2, 0) is 0 Å². The average Bonchev–Trinajstić information content (AvgIpc) is 1.95. The smallest absolute Gasteiger partial charge is 0.112 e. The van der Waals surface area contributed by atoms with Gasteiger partial charge in [-0.1, -0.05) is 0 Å². The molecule has 0 amide bonds. The Balaban J connectivity index is 3.82. The van der Waals surface area contributed by atoms with Crippen LogP contribution >= 0.6 is 0 Å². The maximum absolute atomic E-state index is 8.43. The number of rotatable bonds is 4. The average molecular weight is 137 g/mol. The summed E-state index contributed by atoms with van der Waals surface area (Å²) in [4.78, 5) is 0. The van der Waals surface area contributed by atoms with Crippen molar-refractivity contribution in [3.8, 4) is 0 Å². The molecule has 5 N–H and O–H groups in total. The Hall–Kier alpha value is -0.200. The van der Waals surface area contributed by atoms with Crippen LogP contribution in [0.2, 0.25) is 0 Å². The molecule has 56 valence electrons. The Morgan fingerprint density at radius 1 is 1.00 bits per heavy atom. The number of aliphatic hydroxyl groups excluding tert-OH is 3. The molecule has 0 saturated carbocycles. The predicted molar refractivity (Wildman–Crippen MR) is 28.9 cm³/mol. The third kappa shape index (κ3) is 1.88. The Labute approximate surface area is 52.5 Å². The van der Waals surface area contributed by atoms with Crippen LogP contribution in [0.15, 0.2) is 0 Å². The van der Waals surface area contributed by atoms with Gasteiger partial charge >= 0.3 is 0 Å². The van der Waals surface area contributed by atoms with Crippen LogP contribution in [0.5, 0.6) is 0 Å². The third-order valence-electron chi connectivity index (χ3n) is 1.15. The van der Waals surface area contributed by atoms with Crippen LogP contribution in [-0.4, -0.2) is 45.9 Å². The van der Waals surface area contributed by atoms with Gasteiger partial charge in [0, 0.05) is 0 Å². The van der Waals surface area contributed by atoms with Crippen molar-refractivity contribution in [1.29, 1.82) is 0 Å². The highest BCUT2D eigenvalue weighted by Gasteiger charge is 2.26. The van der Waals surface area contributed by atoms with E-state index in [1.165, 1.54) is 0 Å². The van der Waals surface area contributed by atoms with Crippen molar-refractivity contribution in [2.75, 3.05) is 19.8 Å². The van der Waals surface area contributed by atoms with E-state index in [9.17, 15) is 0 Å². The van der Waals surface area contributed by atoms with Crippen molar-refractivity contribution >= 4 is 0 Å². The summed E-state index contributed by atoms with van der Waals surface area (Å²) in [6.45, 7) is -1.55. The zero-order valence-corrected chi connectivity index (χ0v) is 4.91. The first kappa shape index (κ1) is 8.80. The number of hydroxylamine groups is 1. The summed E-state index contributed by atoms with van der Waals surface area (Å²) in [6.07, 6.45) is 0. The summed E-state index contributed by atoms with van der Waals surface area (Å²) in [7, 11) is 0. The highest BCUT2D eigenvalue weighted by molar-refractivity contribution is 4.81. The largest absolute Gasteiger partial charge is 0.394 e. The fraction of sp³-hybridized carbons (Fsp3) is 1.00. The predicted octanol–water partition coefficient (Wildman–Crippen LogP) is -2.32. The molecule has 0 fully saturated rings. The molecule has 0 aromatic carbocycles. The van der Waals surface area contributed by atoms with Gasteiger partial charge in [0.2, 0.25) is 0 Å². The van der Waals surface area contributed by atoms with Gasteiger partial charge in [-0.05, 0) is 0 Å². The minimum absolute atomic E-state index is 0.517. The van der Waals surface area contributed by atoms with Crippen molar-refractivity contribution in [1.82, 2.24) is 5.48 Å². The summed E-state index contributed by atoms with van der Waals surface area (Å²) < 4.78 is 0. The van der Waals surface area contributed by atoms with Gasteiger partial charge in [0.25, 0.3) is 0 Å². The number of hydrogen-bond donors (Lipinski definition) is 5. The summed E-state index contributed by atoms with van der Waals surface area (Å²) in [5.41, 5.74) is 0.253. The topological polar surface area (TPSA) is 93.0 Å². The normalized spacial score (nSPS) is 12.0. The van der Waals surface area contributed by atoms with Gasteiger partial charge in [0.05, 0.1) is 19.8 Å². The van der Waals surface area contributed by atoms with Crippen LogP contribution in [0.25, 0.3) is 0 Å². The molecule has 0 atom stereocenters. The molecule has 0 aromatic rings. The summed E-state index contributed by atoms with van der Waals surface area (Å²) in [5.74, 6) is 0. The van der Waals surface area contributed by atoms with Gasteiger partial charge in [0.1, 0.15) is 5.54 Å². The van der Waals surface area contributed by atoms with E-state index >= 15 is 0 Å². The van der Waals surface area contributed by atoms with Crippen molar-refractivity contribution in [2.24, 2.45) is 0 Å². The van der Waals surface area contributed by atoms with Gasteiger partial charge in [-0.25, -0.2) is 0 Å². The van der Waals surface area contributed by atoms with Gasteiger partial charge < -0.3 is 20.5 Å². The molecule has 0 bridgehead atoms. The molecule has 0 aliphatic rings. The van der Waals surface area contributed by atoms with Crippen molar-refractivity contribution in [2.45, 2.75) is 5.54 Å². The molecule has 0 aliphatic carbocycles. The highest BCUT2D eigenvalue weighted by atomic mass is 16.5. The van der Waals surface area contributed by atoms with E-state index in [0.717, 1.165) is 0 Å². The maximum atomic E-state index is 8.43. The molecule has 0 rings (SSSR count). The minimum atomic E-state index is -1.36. The Bertz CT molecular complexity index is 55.5. The van der Waals surface area contributed by atoms with Gasteiger partial charge in [-0.15, -0.1) is 0 Å². The van der Waals surface area contributed by atoms with E-state index in [1.807, 2.05) is 0 Å². The lowest BCUT2D eigenvalue weighted by Crippen LogP contribution is -2.53. The molecule has 0 aliphatic heterocycles. The summed E-state index contributed by atoms with van der Waals surface area (Å²) >= 11 is 0. The van der Waals surface area contributed by atoms with E-state index in [0.29, 0.717) is 0 Å². The summed E-state index contributed by atoms with van der Waals surface area (Å²) in [6, 6.07) is 0. The Morgan fingerprint density at radius 2 is 1.33 bits per heavy atom. The molecule has 0 heterocycles. The Morgan fingerprint density at radius 3 is 1.33 bits per heavy atom. The van der Waals surface area contributed by atoms with Crippen molar-refractivity contribution < 1.29 is 20.5 Å². The first-order valence-corrected chi connectivity index (χ1v) is 2.48. The van der Waals surface area contributed by atoms with E-state index in [1.54, 1.807) is 5.48 Å². The molecule has 0 saturated heterocycles. The molecule has 0 spiro atoms. The maximum Gasteiger partial charge on any atom is 0.112 e. The van der Waals surface area contributed by atoms with Crippen LogP contribution in [0.1, 0.15) is 0 Å². The standard InChI is InChI=1S/C4H11NO4/c6-1-4(2-7,3-8)5-9/h5-9H,1-3H2. The van der Waals surface area contributed by atoms with Crippen LogP contribution in [0.4, 0.5) is 0 Å². The van der Waals surface area contributed by atoms with Crippen LogP contribution < -0.4 is 5.48 Å². The molecule has 9 heavy (non-hydrogen) atoms. The second kappa shape index (κ2) is 3.76. The first-order chi connectivity index (χ1) is 4.24. The lowest BCUT2D eigenvalue weighted by molar-refractivity contribution is -0.0408. The van der Waals surface area contributed by atoms with Gasteiger partial charge in [0.15, 0.2) is 0 Å². The van der Waals surface area contributed by atoms with Crippen LogP contribution in [0.3, 0.4) is 0 Å². The summed E-state index contributed by atoms with van der Waals surface area (Å²) in [5, 5.41) is 33.5. The molecule has 5 nitrogen and oxygen atoms in total. The zero-order valence-electron chi connectivity index (χ0n) is 4.91. The monoisotopic (exact) mass is 137 g/mol. The SMILES string of the molecule is OCC(CO)(CO)NO. The molecule has 0 radical (unpaired) electrons. The molecule has 5 heteroatoms. The van der Waals surface area contributed by atoms with Gasteiger partial charge in [-0.3, -0.25) is 0 Å². The first-order valence-electron chi connectivity index (χ1n) is 2.48. The molecule has 0 unspecified atom stereocenters. The number of hydrogen-bond acceptors (Lipinski definition) is 5. The molecule has 0 aromatic heterocycles. The van der Waals surface area contributed by atoms with Crippen molar-refractivity contribution in [3.05, 3.63) is 0 Å².